The van der Waals surface area contributed by atoms with Crippen LogP contribution in [0.3, 0.4) is 0 Å². The maximum absolute atomic E-state index is 11.7. The molecule has 1 rings (SSSR count). The molecule has 170 valence electrons. The minimum Gasteiger partial charge on any atom is -0.444 e. The average molecular weight is 420 g/mol. The van der Waals surface area contributed by atoms with Crippen molar-refractivity contribution in [1.29, 1.82) is 0 Å². The van der Waals surface area contributed by atoms with Gasteiger partial charge in [0, 0.05) is 32.2 Å². The third kappa shape index (κ3) is 11.0. The number of nitrogens with one attached hydrogen (secondary N) is 3. The van der Waals surface area contributed by atoms with Crippen molar-refractivity contribution in [2.24, 2.45) is 4.99 Å². The summed E-state index contributed by atoms with van der Waals surface area (Å²) in [6.07, 6.45) is 0.394. The van der Waals surface area contributed by atoms with Gasteiger partial charge in [0.05, 0.1) is 6.54 Å². The van der Waals surface area contributed by atoms with Crippen molar-refractivity contribution in [3.63, 3.8) is 0 Å². The van der Waals surface area contributed by atoms with Crippen LogP contribution < -0.4 is 16.0 Å². The molecule has 0 heterocycles. The number of benzene rings is 1. The molecule has 0 aliphatic carbocycles. The van der Waals surface area contributed by atoms with Gasteiger partial charge in [-0.05, 0) is 66.1 Å². The summed E-state index contributed by atoms with van der Waals surface area (Å²) in [5, 5.41) is 9.38. The Hall–Kier alpha value is -2.28. The molecule has 1 amide bonds. The maximum atomic E-state index is 11.7. The normalized spacial score (nSPS) is 12.2. The Labute approximate surface area is 182 Å². The standard InChI is InChI=1S/C23H41N5O2/c1-8-24-21(25-14-11-15-26-22(29)30-23(4,5)6)27-16-19-12-9-10-13-20(19)17-28(7)18(2)3/h9-10,12-13,18H,8,11,14-17H2,1-7H3,(H,26,29)(H2,24,25,27). The lowest BCUT2D eigenvalue weighted by Gasteiger charge is -2.22. The molecule has 0 aromatic heterocycles. The maximum Gasteiger partial charge on any atom is 0.407 e. The Balaban J connectivity index is 2.54. The third-order valence-corrected chi connectivity index (χ3v) is 4.49. The number of guanidine groups is 1. The summed E-state index contributed by atoms with van der Waals surface area (Å²) in [7, 11) is 2.14. The van der Waals surface area contributed by atoms with Crippen LogP contribution in [0, 0.1) is 0 Å². The first-order valence-corrected chi connectivity index (χ1v) is 10.9. The Morgan fingerprint density at radius 1 is 1.10 bits per heavy atom. The van der Waals surface area contributed by atoms with Gasteiger partial charge in [-0.3, -0.25) is 4.90 Å². The highest BCUT2D eigenvalue weighted by Gasteiger charge is 2.15. The van der Waals surface area contributed by atoms with Gasteiger partial charge in [0.15, 0.2) is 5.96 Å². The van der Waals surface area contributed by atoms with Crippen molar-refractivity contribution in [3.8, 4) is 0 Å². The Bertz CT molecular complexity index is 668. The predicted octanol–water partition coefficient (Wildman–Crippen LogP) is 3.50. The minimum atomic E-state index is -0.479. The van der Waals surface area contributed by atoms with Crippen LogP contribution in [0.25, 0.3) is 0 Å². The molecular weight excluding hydrogens is 378 g/mol. The zero-order chi connectivity index (χ0) is 22.6. The molecule has 0 radical (unpaired) electrons. The number of carbonyl (C=O) groups excluding carboxylic acids is 1. The van der Waals surface area contributed by atoms with Crippen molar-refractivity contribution in [1.82, 2.24) is 20.9 Å². The third-order valence-electron chi connectivity index (χ3n) is 4.49. The minimum absolute atomic E-state index is 0.383. The van der Waals surface area contributed by atoms with Crippen LogP contribution in [0.4, 0.5) is 4.79 Å². The van der Waals surface area contributed by atoms with Crippen molar-refractivity contribution in [2.45, 2.75) is 72.7 Å². The highest BCUT2D eigenvalue weighted by atomic mass is 16.6. The molecule has 0 saturated carbocycles. The summed E-state index contributed by atoms with van der Waals surface area (Å²) in [5.41, 5.74) is 2.05. The molecular formula is C23H41N5O2. The van der Waals surface area contributed by atoms with E-state index >= 15 is 0 Å². The van der Waals surface area contributed by atoms with Crippen LogP contribution >= 0.6 is 0 Å². The summed E-state index contributed by atoms with van der Waals surface area (Å²) in [4.78, 5) is 18.7. The summed E-state index contributed by atoms with van der Waals surface area (Å²) in [6, 6.07) is 8.95. The summed E-state index contributed by atoms with van der Waals surface area (Å²) in [5.74, 6) is 0.779. The highest BCUT2D eigenvalue weighted by molar-refractivity contribution is 5.79. The average Bonchev–Trinajstić information content (AvgIpc) is 2.65. The van der Waals surface area contributed by atoms with Crippen LogP contribution in [-0.2, 0) is 17.8 Å². The first-order valence-electron chi connectivity index (χ1n) is 10.9. The molecule has 0 bridgehead atoms. The number of hydrogen-bond donors (Lipinski definition) is 3. The Morgan fingerprint density at radius 2 is 1.73 bits per heavy atom. The number of aliphatic imine (C=N–C) groups is 1. The number of carbonyl (C=O) groups is 1. The summed E-state index contributed by atoms with van der Waals surface area (Å²) in [6.45, 7) is 15.6. The number of hydrogen-bond acceptors (Lipinski definition) is 4. The first kappa shape index (κ1) is 25.8. The second kappa shape index (κ2) is 13.1. The van der Waals surface area contributed by atoms with Crippen LogP contribution in [0.5, 0.6) is 0 Å². The van der Waals surface area contributed by atoms with Gasteiger partial charge in [-0.15, -0.1) is 0 Å². The fraction of sp³-hybridized carbons (Fsp3) is 0.652. The lowest BCUT2D eigenvalue weighted by Crippen LogP contribution is -2.39. The Kier molecular flexibility index (Phi) is 11.3. The SMILES string of the molecule is CCNC(=NCc1ccccc1CN(C)C(C)C)NCCCNC(=O)OC(C)(C)C. The molecule has 7 heteroatoms. The van der Waals surface area contributed by atoms with E-state index in [1.54, 1.807) is 0 Å². The molecule has 0 aliphatic heterocycles. The lowest BCUT2D eigenvalue weighted by atomic mass is 10.1. The van der Waals surface area contributed by atoms with Gasteiger partial charge in [-0.1, -0.05) is 24.3 Å². The van der Waals surface area contributed by atoms with Crippen molar-refractivity contribution < 1.29 is 9.53 Å². The molecule has 0 saturated heterocycles. The van der Waals surface area contributed by atoms with E-state index in [4.69, 9.17) is 9.73 Å². The lowest BCUT2D eigenvalue weighted by molar-refractivity contribution is 0.0527. The molecule has 0 aliphatic rings. The molecule has 30 heavy (non-hydrogen) atoms. The molecule has 0 atom stereocenters. The quantitative estimate of drug-likeness (QED) is 0.307. The fourth-order valence-electron chi connectivity index (χ4n) is 2.62. The van der Waals surface area contributed by atoms with E-state index in [1.807, 2.05) is 27.7 Å². The van der Waals surface area contributed by atoms with E-state index in [-0.39, 0.29) is 6.09 Å². The zero-order valence-corrected chi connectivity index (χ0v) is 19.8. The second-order valence-corrected chi connectivity index (χ2v) is 8.68. The smallest absolute Gasteiger partial charge is 0.407 e. The molecule has 3 N–H and O–H groups in total. The topological polar surface area (TPSA) is 78.0 Å². The summed E-state index contributed by atoms with van der Waals surface area (Å²) >= 11 is 0. The van der Waals surface area contributed by atoms with Crippen molar-refractivity contribution in [3.05, 3.63) is 35.4 Å². The van der Waals surface area contributed by atoms with Gasteiger partial charge in [-0.2, -0.15) is 0 Å². The van der Waals surface area contributed by atoms with Gasteiger partial charge in [0.2, 0.25) is 0 Å². The van der Waals surface area contributed by atoms with Crippen LogP contribution in [-0.4, -0.2) is 55.3 Å². The molecule has 7 nitrogen and oxygen atoms in total. The molecule has 1 aromatic carbocycles. The number of rotatable bonds is 10. The monoisotopic (exact) mass is 419 g/mol. The molecule has 0 unspecified atom stereocenters. The summed E-state index contributed by atoms with van der Waals surface area (Å²) < 4.78 is 5.23. The van der Waals surface area contributed by atoms with Crippen molar-refractivity contribution in [2.75, 3.05) is 26.7 Å². The highest BCUT2D eigenvalue weighted by Crippen LogP contribution is 2.13. The van der Waals surface area contributed by atoms with Gasteiger partial charge < -0.3 is 20.7 Å². The van der Waals surface area contributed by atoms with E-state index < -0.39 is 5.60 Å². The van der Waals surface area contributed by atoms with E-state index in [0.717, 1.165) is 25.5 Å². The van der Waals surface area contributed by atoms with Gasteiger partial charge >= 0.3 is 6.09 Å². The molecule has 1 aromatic rings. The van der Waals surface area contributed by atoms with Crippen LogP contribution in [0.2, 0.25) is 0 Å². The zero-order valence-electron chi connectivity index (χ0n) is 19.8. The van der Waals surface area contributed by atoms with Crippen molar-refractivity contribution >= 4 is 12.1 Å². The second-order valence-electron chi connectivity index (χ2n) is 8.68. The van der Waals surface area contributed by atoms with Crippen LogP contribution in [0.1, 0.15) is 59.1 Å². The molecule has 0 spiro atoms. The van der Waals surface area contributed by atoms with Gasteiger partial charge in [0.25, 0.3) is 0 Å². The van der Waals surface area contributed by atoms with Crippen LogP contribution in [0.15, 0.2) is 29.3 Å². The number of amides is 1. The predicted molar refractivity (Wildman–Crippen MR) is 125 cm³/mol. The Morgan fingerprint density at radius 3 is 2.33 bits per heavy atom. The number of nitrogens with zero attached hydrogens (tertiary/aromatic N) is 2. The van der Waals surface area contributed by atoms with E-state index in [9.17, 15) is 4.79 Å². The van der Waals surface area contributed by atoms with E-state index in [0.29, 0.717) is 25.7 Å². The molecule has 0 fully saturated rings. The van der Waals surface area contributed by atoms with E-state index in [2.05, 4.69) is 66.0 Å². The van der Waals surface area contributed by atoms with E-state index in [1.165, 1.54) is 11.1 Å². The number of ether oxygens (including phenoxy) is 1. The first-order chi connectivity index (χ1) is 14.1. The van der Waals surface area contributed by atoms with Gasteiger partial charge in [0.1, 0.15) is 5.60 Å². The number of alkyl carbamates (subject to hydrolysis) is 1. The largest absolute Gasteiger partial charge is 0.444 e. The fourth-order valence-corrected chi connectivity index (χ4v) is 2.62. The van der Waals surface area contributed by atoms with Gasteiger partial charge in [-0.25, -0.2) is 9.79 Å².